The first kappa shape index (κ1) is 21.7. The SMILES string of the molecule is O=C(c1oc(C2CC2)nc1C(F)F)N1CCc2[nH]cnc2[C@@H]1c1cc2cccc(C(F)(F)F)n2n1. The van der Waals surface area contributed by atoms with E-state index in [1.165, 1.54) is 29.4 Å². The van der Waals surface area contributed by atoms with Crippen molar-refractivity contribution in [2.75, 3.05) is 6.54 Å². The molecule has 0 radical (unpaired) electrons. The number of aromatic nitrogens is 5. The van der Waals surface area contributed by atoms with Gasteiger partial charge in [-0.2, -0.15) is 18.3 Å². The number of amides is 1. The minimum absolute atomic E-state index is 0.0842. The van der Waals surface area contributed by atoms with Crippen molar-refractivity contribution >= 4 is 11.4 Å². The van der Waals surface area contributed by atoms with Crippen molar-refractivity contribution in [3.8, 4) is 0 Å². The summed E-state index contributed by atoms with van der Waals surface area (Å²) >= 11 is 0. The molecule has 182 valence electrons. The van der Waals surface area contributed by atoms with Crippen LogP contribution in [-0.4, -0.2) is 41.9 Å². The highest BCUT2D eigenvalue weighted by Crippen LogP contribution is 2.42. The summed E-state index contributed by atoms with van der Waals surface area (Å²) in [6.45, 7) is 0.0842. The predicted molar refractivity (Wildman–Crippen MR) is 109 cm³/mol. The second-order valence-corrected chi connectivity index (χ2v) is 8.57. The zero-order valence-electron chi connectivity index (χ0n) is 17.9. The topological polar surface area (TPSA) is 92.3 Å². The standard InChI is InChI=1S/C22H17F5N6O2/c23-19(24)16-18(35-20(30-16)10-4-5-10)21(34)32-7-6-12-15(29-9-28-12)17(32)13-8-11-2-1-3-14(22(25,26)27)33(11)31-13/h1-3,8-10,17,19H,4-7H2,(H,28,29)/t17-/m0/s1. The van der Waals surface area contributed by atoms with Crippen LogP contribution in [0.1, 0.15) is 76.1 Å². The maximum Gasteiger partial charge on any atom is 0.433 e. The number of carbonyl (C=O) groups is 1. The van der Waals surface area contributed by atoms with Crippen molar-refractivity contribution in [3.05, 3.63) is 70.7 Å². The number of H-pyrrole nitrogens is 1. The van der Waals surface area contributed by atoms with Gasteiger partial charge < -0.3 is 14.3 Å². The summed E-state index contributed by atoms with van der Waals surface area (Å²) in [5.74, 6) is -1.40. The summed E-state index contributed by atoms with van der Waals surface area (Å²) in [5, 5.41) is 4.16. The molecular weight excluding hydrogens is 475 g/mol. The van der Waals surface area contributed by atoms with Gasteiger partial charge in [0.25, 0.3) is 12.3 Å². The van der Waals surface area contributed by atoms with E-state index in [0.717, 1.165) is 23.4 Å². The van der Waals surface area contributed by atoms with Gasteiger partial charge in [0.1, 0.15) is 11.7 Å². The van der Waals surface area contributed by atoms with Crippen molar-refractivity contribution in [2.45, 2.75) is 43.8 Å². The van der Waals surface area contributed by atoms with Gasteiger partial charge in [0, 0.05) is 24.6 Å². The Balaban J connectivity index is 1.47. The number of nitrogens with one attached hydrogen (secondary N) is 1. The summed E-state index contributed by atoms with van der Waals surface area (Å²) in [5.41, 5.74) is -0.392. The minimum atomic E-state index is -4.66. The molecule has 0 bridgehead atoms. The number of hydrogen-bond acceptors (Lipinski definition) is 5. The van der Waals surface area contributed by atoms with E-state index in [9.17, 15) is 26.7 Å². The molecular formula is C22H17F5N6O2. The van der Waals surface area contributed by atoms with Crippen molar-refractivity contribution in [2.24, 2.45) is 0 Å². The predicted octanol–water partition coefficient (Wildman–Crippen LogP) is 4.67. The zero-order valence-corrected chi connectivity index (χ0v) is 17.9. The van der Waals surface area contributed by atoms with Crippen LogP contribution in [0, 0.1) is 0 Å². The highest BCUT2D eigenvalue weighted by Gasteiger charge is 2.42. The number of pyridine rings is 1. The molecule has 13 heteroatoms. The van der Waals surface area contributed by atoms with Gasteiger partial charge >= 0.3 is 6.18 Å². The molecule has 6 rings (SSSR count). The highest BCUT2D eigenvalue weighted by atomic mass is 19.4. The fraction of sp³-hybridized carbons (Fsp3) is 0.364. The summed E-state index contributed by atoms with van der Waals surface area (Å²) in [7, 11) is 0. The lowest BCUT2D eigenvalue weighted by molar-refractivity contribution is -0.142. The van der Waals surface area contributed by atoms with Crippen LogP contribution in [0.5, 0.6) is 0 Å². The molecule has 1 fully saturated rings. The van der Waals surface area contributed by atoms with Crippen LogP contribution in [-0.2, 0) is 12.6 Å². The van der Waals surface area contributed by atoms with Gasteiger partial charge in [0.05, 0.1) is 23.2 Å². The number of carbonyl (C=O) groups excluding carboxylic acids is 1. The molecule has 8 nitrogen and oxygen atoms in total. The molecule has 0 aromatic carbocycles. The van der Waals surface area contributed by atoms with E-state index in [4.69, 9.17) is 4.42 Å². The molecule has 4 aromatic heterocycles. The van der Waals surface area contributed by atoms with Gasteiger partial charge in [0.2, 0.25) is 5.76 Å². The summed E-state index contributed by atoms with van der Waals surface area (Å²) in [6, 6.07) is 4.03. The number of imidazole rings is 1. The van der Waals surface area contributed by atoms with Gasteiger partial charge in [-0.05, 0) is 31.0 Å². The molecule has 1 N–H and O–H groups in total. The molecule has 1 atom stereocenters. The van der Waals surface area contributed by atoms with Crippen LogP contribution in [0.15, 0.2) is 35.0 Å². The molecule has 1 aliphatic heterocycles. The number of halogens is 5. The van der Waals surface area contributed by atoms with Crippen molar-refractivity contribution in [1.29, 1.82) is 0 Å². The third-order valence-corrected chi connectivity index (χ3v) is 6.26. The van der Waals surface area contributed by atoms with Crippen LogP contribution in [0.25, 0.3) is 5.52 Å². The molecule has 0 spiro atoms. The molecule has 2 aliphatic rings. The number of oxazole rings is 1. The number of aromatic amines is 1. The van der Waals surface area contributed by atoms with Gasteiger partial charge in [-0.15, -0.1) is 0 Å². The van der Waals surface area contributed by atoms with Crippen molar-refractivity contribution in [3.63, 3.8) is 0 Å². The highest BCUT2D eigenvalue weighted by molar-refractivity contribution is 5.93. The first-order valence-electron chi connectivity index (χ1n) is 10.9. The normalized spacial score (nSPS) is 18.5. The lowest BCUT2D eigenvalue weighted by atomic mass is 9.99. The minimum Gasteiger partial charge on any atom is -0.435 e. The van der Waals surface area contributed by atoms with Crippen LogP contribution >= 0.6 is 0 Å². The largest absolute Gasteiger partial charge is 0.435 e. The van der Waals surface area contributed by atoms with Gasteiger partial charge in [-0.1, -0.05) is 6.07 Å². The molecule has 0 saturated heterocycles. The van der Waals surface area contributed by atoms with Crippen molar-refractivity contribution < 1.29 is 31.2 Å². The third kappa shape index (κ3) is 3.56. The van der Waals surface area contributed by atoms with Gasteiger partial charge in [-0.25, -0.2) is 23.3 Å². The Morgan fingerprint density at radius 2 is 2.03 bits per heavy atom. The molecule has 4 aromatic rings. The molecule has 1 aliphatic carbocycles. The first-order valence-corrected chi connectivity index (χ1v) is 10.9. The van der Waals surface area contributed by atoms with Gasteiger partial charge in [-0.3, -0.25) is 4.79 Å². The van der Waals surface area contributed by atoms with E-state index in [1.54, 1.807) is 0 Å². The smallest absolute Gasteiger partial charge is 0.433 e. The van der Waals surface area contributed by atoms with E-state index < -0.39 is 41.7 Å². The first-order chi connectivity index (χ1) is 16.7. The number of hydrogen-bond donors (Lipinski definition) is 1. The Kier molecular flexibility index (Phi) is 4.73. The van der Waals surface area contributed by atoms with Crippen LogP contribution in [0.2, 0.25) is 0 Å². The fourth-order valence-corrected chi connectivity index (χ4v) is 4.46. The van der Waals surface area contributed by atoms with Gasteiger partial charge in [0.15, 0.2) is 11.6 Å². The number of rotatable bonds is 4. The average Bonchev–Trinajstić information content (AvgIpc) is 3.23. The quantitative estimate of drug-likeness (QED) is 0.418. The summed E-state index contributed by atoms with van der Waals surface area (Å²) < 4.78 is 74.3. The second kappa shape index (κ2) is 7.62. The number of fused-ring (bicyclic) bond motifs is 2. The maximum absolute atomic E-state index is 13.7. The number of alkyl halides is 5. The fourth-order valence-electron chi connectivity index (χ4n) is 4.46. The molecule has 5 heterocycles. The number of nitrogens with zero attached hydrogens (tertiary/aromatic N) is 5. The van der Waals surface area contributed by atoms with Crippen LogP contribution < -0.4 is 0 Å². The maximum atomic E-state index is 13.7. The Morgan fingerprint density at radius 1 is 1.23 bits per heavy atom. The molecule has 1 saturated carbocycles. The van der Waals surface area contributed by atoms with E-state index >= 15 is 0 Å². The Hall–Kier alpha value is -3.77. The third-order valence-electron chi connectivity index (χ3n) is 6.26. The Bertz CT molecular complexity index is 1430. The van der Waals surface area contributed by atoms with E-state index in [-0.39, 0.29) is 29.6 Å². The van der Waals surface area contributed by atoms with Crippen LogP contribution in [0.3, 0.4) is 0 Å². The Labute approximate surface area is 193 Å². The zero-order chi connectivity index (χ0) is 24.5. The van der Waals surface area contributed by atoms with Crippen LogP contribution in [0.4, 0.5) is 22.0 Å². The van der Waals surface area contributed by atoms with E-state index in [0.29, 0.717) is 17.8 Å². The monoisotopic (exact) mass is 492 g/mol. The Morgan fingerprint density at radius 3 is 2.74 bits per heavy atom. The lowest BCUT2D eigenvalue weighted by Crippen LogP contribution is -2.41. The molecule has 1 amide bonds. The summed E-state index contributed by atoms with van der Waals surface area (Å²) in [4.78, 5) is 25.9. The van der Waals surface area contributed by atoms with E-state index in [2.05, 4.69) is 20.1 Å². The van der Waals surface area contributed by atoms with E-state index in [1.807, 2.05) is 0 Å². The second-order valence-electron chi connectivity index (χ2n) is 8.57. The average molecular weight is 492 g/mol. The molecule has 0 unspecified atom stereocenters. The summed E-state index contributed by atoms with van der Waals surface area (Å²) in [6.07, 6.45) is -4.46. The lowest BCUT2D eigenvalue weighted by Gasteiger charge is -2.33. The molecule has 35 heavy (non-hydrogen) atoms. The van der Waals surface area contributed by atoms with Crippen molar-refractivity contribution in [1.82, 2.24) is 29.5 Å².